The Balaban J connectivity index is 1.03. The highest BCUT2D eigenvalue weighted by molar-refractivity contribution is 7.26. The molecule has 0 aliphatic rings. The van der Waals surface area contributed by atoms with E-state index in [0.29, 0.717) is 18.2 Å². The molecular weight excluding hydrogens is 713 g/mol. The van der Waals surface area contributed by atoms with E-state index in [4.69, 9.17) is 9.98 Å². The van der Waals surface area contributed by atoms with Crippen LogP contribution in [0.2, 0.25) is 0 Å². The van der Waals surface area contributed by atoms with E-state index in [1.54, 1.807) is 0 Å². The normalized spacial score (nSPS) is 12.2. The van der Waals surface area contributed by atoms with E-state index in [0.717, 1.165) is 33.4 Å². The van der Waals surface area contributed by atoms with Crippen LogP contribution in [0.25, 0.3) is 69.9 Å². The Bertz CT molecular complexity index is 3150. The van der Waals surface area contributed by atoms with Gasteiger partial charge in [0.2, 0.25) is 0 Å². The molecule has 2 heterocycles. The van der Waals surface area contributed by atoms with Crippen molar-refractivity contribution in [3.05, 3.63) is 211 Å². The van der Waals surface area contributed by atoms with Gasteiger partial charge in [-0.2, -0.15) is 0 Å². The van der Waals surface area contributed by atoms with Crippen LogP contribution in [0.15, 0.2) is 209 Å². The first-order valence-electron chi connectivity index (χ1n) is 19.1. The van der Waals surface area contributed by atoms with Gasteiger partial charge in [0.05, 0.1) is 17.6 Å². The van der Waals surface area contributed by atoms with Crippen molar-refractivity contribution in [2.45, 2.75) is 6.54 Å². The largest absolute Gasteiger partial charge is 0.309 e. The number of amidine groups is 2. The third kappa shape index (κ3) is 6.44. The molecule has 0 N–H and O–H groups in total. The summed E-state index contributed by atoms with van der Waals surface area (Å²) in [5.74, 6) is 1.12. The third-order valence-electron chi connectivity index (χ3n) is 10.6. The molecular formula is C52H36N4S. The summed E-state index contributed by atoms with van der Waals surface area (Å²) < 4.78 is 4.97. The summed E-state index contributed by atoms with van der Waals surface area (Å²) in [4.78, 5) is 14.6. The molecule has 0 spiro atoms. The second-order valence-electron chi connectivity index (χ2n) is 14.1. The van der Waals surface area contributed by atoms with Crippen LogP contribution < -0.4 is 0 Å². The van der Waals surface area contributed by atoms with Crippen LogP contribution in [0.3, 0.4) is 0 Å². The molecule has 10 rings (SSSR count). The van der Waals surface area contributed by atoms with E-state index in [9.17, 15) is 0 Å². The van der Waals surface area contributed by atoms with Gasteiger partial charge in [-0.25, -0.2) is 9.98 Å². The van der Waals surface area contributed by atoms with Crippen molar-refractivity contribution >= 4 is 71.7 Å². The number of hydrogen-bond donors (Lipinski definition) is 0. The van der Waals surface area contributed by atoms with Crippen LogP contribution in [0.5, 0.6) is 0 Å². The van der Waals surface area contributed by atoms with Crippen molar-refractivity contribution in [2.75, 3.05) is 0 Å². The van der Waals surface area contributed by atoms with Gasteiger partial charge in [-0.1, -0.05) is 158 Å². The van der Waals surface area contributed by atoms with Crippen LogP contribution in [0.4, 0.5) is 0 Å². The summed E-state index contributed by atoms with van der Waals surface area (Å²) in [7, 11) is 0. The van der Waals surface area contributed by atoms with Gasteiger partial charge in [0, 0.05) is 47.8 Å². The van der Waals surface area contributed by atoms with Gasteiger partial charge in [0.25, 0.3) is 0 Å². The molecule has 0 fully saturated rings. The number of fused-ring (bicyclic) bond motifs is 6. The highest BCUT2D eigenvalue weighted by Crippen LogP contribution is 2.42. The van der Waals surface area contributed by atoms with Crippen molar-refractivity contribution in [2.24, 2.45) is 15.0 Å². The molecule has 0 unspecified atom stereocenters. The maximum atomic E-state index is 5.08. The number of nitrogens with zero attached hydrogens (tertiary/aromatic N) is 4. The van der Waals surface area contributed by atoms with Gasteiger partial charge in [-0.3, -0.25) is 4.99 Å². The highest BCUT2D eigenvalue weighted by Gasteiger charge is 2.17. The Hall–Kier alpha value is -7.21. The Morgan fingerprint density at radius 3 is 1.96 bits per heavy atom. The average molecular weight is 749 g/mol. The van der Waals surface area contributed by atoms with Gasteiger partial charge >= 0.3 is 0 Å². The molecule has 0 saturated carbocycles. The molecule has 57 heavy (non-hydrogen) atoms. The van der Waals surface area contributed by atoms with E-state index in [1.807, 2.05) is 53.8 Å². The molecule has 8 aromatic carbocycles. The monoisotopic (exact) mass is 748 g/mol. The molecule has 0 radical (unpaired) electrons. The molecule has 0 amide bonds. The van der Waals surface area contributed by atoms with Crippen molar-refractivity contribution in [1.82, 2.24) is 4.57 Å². The minimum absolute atomic E-state index is 0.480. The fourth-order valence-electron chi connectivity index (χ4n) is 7.85. The van der Waals surface area contributed by atoms with E-state index >= 15 is 0 Å². The Morgan fingerprint density at radius 2 is 1.14 bits per heavy atom. The minimum Gasteiger partial charge on any atom is -0.309 e. The number of benzene rings is 8. The van der Waals surface area contributed by atoms with Gasteiger partial charge in [-0.05, 0) is 70.9 Å². The molecule has 0 bridgehead atoms. The van der Waals surface area contributed by atoms with Crippen LogP contribution in [0.1, 0.15) is 16.7 Å². The van der Waals surface area contributed by atoms with Crippen molar-refractivity contribution in [1.29, 1.82) is 0 Å². The quantitative estimate of drug-likeness (QED) is 0.115. The van der Waals surface area contributed by atoms with E-state index in [1.165, 1.54) is 53.2 Å². The number of thiophene rings is 1. The molecule has 2 aromatic heterocycles. The standard InChI is InChI=1S/C52H36N4S/c1-53-51(55-52(38-16-6-3-7-17-38)54-34-35-26-28-37(29-27-35)36-14-4-2-5-15-36)40-18-12-19-41(32-40)56-47-24-10-8-20-43(47)46-33-39(30-31-48(46)56)42-22-13-23-45-44-21-9-11-25-49(44)57-50(42)45/h2-33H,1,34H2/b54-52-,55-51-. The number of aromatic nitrogens is 1. The number of para-hydroxylation sites is 1. The lowest BCUT2D eigenvalue weighted by atomic mass is 10.0. The lowest BCUT2D eigenvalue weighted by Crippen LogP contribution is -2.06. The van der Waals surface area contributed by atoms with Crippen molar-refractivity contribution in [3.8, 4) is 27.9 Å². The summed E-state index contributed by atoms with van der Waals surface area (Å²) in [5, 5.41) is 5.02. The van der Waals surface area contributed by atoms with E-state index in [-0.39, 0.29) is 0 Å². The highest BCUT2D eigenvalue weighted by atomic mass is 32.1. The summed E-state index contributed by atoms with van der Waals surface area (Å²) in [6.07, 6.45) is 0. The lowest BCUT2D eigenvalue weighted by Gasteiger charge is -2.11. The Morgan fingerprint density at radius 1 is 0.491 bits per heavy atom. The minimum atomic E-state index is 0.480. The van der Waals surface area contributed by atoms with Crippen LogP contribution >= 0.6 is 11.3 Å². The molecule has 0 aliphatic heterocycles. The van der Waals surface area contributed by atoms with Crippen LogP contribution in [0, 0.1) is 0 Å². The van der Waals surface area contributed by atoms with Gasteiger partial charge < -0.3 is 4.57 Å². The summed E-state index contributed by atoms with van der Waals surface area (Å²) in [5.41, 5.74) is 11.0. The first kappa shape index (κ1) is 34.3. The fourth-order valence-corrected chi connectivity index (χ4v) is 9.08. The lowest BCUT2D eigenvalue weighted by molar-refractivity contribution is 1.06. The molecule has 4 nitrogen and oxygen atoms in total. The number of rotatable bonds is 7. The number of aliphatic imine (C=N–C) groups is 3. The zero-order valence-corrected chi connectivity index (χ0v) is 31.9. The van der Waals surface area contributed by atoms with Crippen molar-refractivity contribution in [3.63, 3.8) is 0 Å². The number of hydrogen-bond acceptors (Lipinski definition) is 2. The summed E-state index contributed by atoms with van der Waals surface area (Å²) >= 11 is 1.87. The fraction of sp³-hybridized carbons (Fsp3) is 0.0192. The average Bonchev–Trinajstić information content (AvgIpc) is 3.83. The second-order valence-corrected chi connectivity index (χ2v) is 15.1. The maximum Gasteiger partial charge on any atom is 0.161 e. The van der Waals surface area contributed by atoms with Gasteiger partial charge in [0.1, 0.15) is 0 Å². The van der Waals surface area contributed by atoms with Crippen molar-refractivity contribution < 1.29 is 0 Å². The topological polar surface area (TPSA) is 42.0 Å². The molecule has 10 aromatic rings. The SMILES string of the molecule is C=N/C(=N\C(=N/Cc1ccc(-c2ccccc2)cc1)c1ccccc1)c1cccc(-n2c3ccccc3c3cc(-c4cccc5c4sc4ccccc45)ccc32)c1. The predicted molar refractivity (Wildman–Crippen MR) is 244 cm³/mol. The molecule has 0 atom stereocenters. The molecule has 5 heteroatoms. The first-order chi connectivity index (χ1) is 28.2. The van der Waals surface area contributed by atoms with Gasteiger partial charge in [-0.15, -0.1) is 11.3 Å². The molecule has 0 aliphatic carbocycles. The van der Waals surface area contributed by atoms with E-state index < -0.39 is 0 Å². The zero-order valence-electron chi connectivity index (χ0n) is 31.1. The Labute approximate surface area is 335 Å². The maximum absolute atomic E-state index is 5.08. The van der Waals surface area contributed by atoms with Gasteiger partial charge in [0.15, 0.2) is 11.7 Å². The van der Waals surface area contributed by atoms with Crippen LogP contribution in [-0.4, -0.2) is 23.0 Å². The van der Waals surface area contributed by atoms with Crippen LogP contribution in [-0.2, 0) is 6.54 Å². The third-order valence-corrected chi connectivity index (χ3v) is 11.8. The smallest absolute Gasteiger partial charge is 0.161 e. The van der Waals surface area contributed by atoms with E-state index in [2.05, 4.69) is 168 Å². The predicted octanol–water partition coefficient (Wildman–Crippen LogP) is 13.6. The second kappa shape index (κ2) is 14.8. The first-order valence-corrected chi connectivity index (χ1v) is 19.9. The summed E-state index contributed by atoms with van der Waals surface area (Å²) in [6.45, 7) is 4.45. The summed E-state index contributed by atoms with van der Waals surface area (Å²) in [6, 6.07) is 68.3. The molecule has 0 saturated heterocycles. The Kier molecular flexibility index (Phi) is 8.90. The zero-order chi connectivity index (χ0) is 38.1. The molecule has 270 valence electrons.